The zero-order valence-corrected chi connectivity index (χ0v) is 7.13. The van der Waals surface area contributed by atoms with Crippen molar-refractivity contribution in [2.45, 2.75) is 19.9 Å². The number of nitrogens with zero attached hydrogens (tertiary/aromatic N) is 2. The second kappa shape index (κ2) is 3.48. The Hall–Kier alpha value is -0.900. The van der Waals surface area contributed by atoms with Gasteiger partial charge in [-0.3, -0.25) is 5.10 Å². The minimum Gasteiger partial charge on any atom is -0.310 e. The second-order valence-electron chi connectivity index (χ2n) is 2.88. The largest absolute Gasteiger partial charge is 0.310 e. The molecule has 1 rings (SSSR count). The van der Waals surface area contributed by atoms with Gasteiger partial charge in [-0.15, -0.1) is 0 Å². The van der Waals surface area contributed by atoms with Crippen LogP contribution in [0.2, 0.25) is 0 Å². The summed E-state index contributed by atoms with van der Waals surface area (Å²) in [6, 6.07) is 0.275. The highest BCUT2D eigenvalue weighted by Crippen LogP contribution is 2.15. The van der Waals surface area contributed by atoms with E-state index in [0.29, 0.717) is 5.92 Å². The van der Waals surface area contributed by atoms with E-state index in [1.807, 2.05) is 7.05 Å². The molecule has 0 aliphatic rings. The summed E-state index contributed by atoms with van der Waals surface area (Å²) in [6.07, 6.45) is 1.53. The first-order valence-corrected chi connectivity index (χ1v) is 3.78. The van der Waals surface area contributed by atoms with Gasteiger partial charge in [-0.05, 0) is 13.0 Å². The van der Waals surface area contributed by atoms with Crippen LogP contribution in [-0.4, -0.2) is 22.2 Å². The fourth-order valence-corrected chi connectivity index (χ4v) is 1.15. The lowest BCUT2D eigenvalue weighted by molar-refractivity contribution is 0.424. The fourth-order valence-electron chi connectivity index (χ4n) is 1.15. The van der Waals surface area contributed by atoms with E-state index in [2.05, 4.69) is 34.3 Å². The Morgan fingerprint density at radius 3 is 2.64 bits per heavy atom. The Morgan fingerprint density at radius 1 is 1.55 bits per heavy atom. The Kier molecular flexibility index (Phi) is 2.59. The van der Waals surface area contributed by atoms with Gasteiger partial charge in [-0.2, -0.15) is 5.10 Å². The van der Waals surface area contributed by atoms with Crippen LogP contribution in [0.25, 0.3) is 0 Å². The lowest BCUT2D eigenvalue weighted by atomic mass is 10.0. The minimum atomic E-state index is 0.275. The van der Waals surface area contributed by atoms with Crippen LogP contribution < -0.4 is 5.32 Å². The zero-order chi connectivity index (χ0) is 8.27. The van der Waals surface area contributed by atoms with Crippen molar-refractivity contribution in [2.24, 2.45) is 5.92 Å². The molecule has 0 fully saturated rings. The van der Waals surface area contributed by atoms with Gasteiger partial charge in [0, 0.05) is 0 Å². The highest BCUT2D eigenvalue weighted by Gasteiger charge is 2.15. The maximum Gasteiger partial charge on any atom is 0.141 e. The van der Waals surface area contributed by atoms with E-state index >= 15 is 0 Å². The van der Waals surface area contributed by atoms with Crippen molar-refractivity contribution in [1.29, 1.82) is 0 Å². The third-order valence-corrected chi connectivity index (χ3v) is 1.71. The van der Waals surface area contributed by atoms with Crippen molar-refractivity contribution in [1.82, 2.24) is 20.5 Å². The molecule has 0 saturated carbocycles. The van der Waals surface area contributed by atoms with Gasteiger partial charge in [-0.1, -0.05) is 13.8 Å². The SMILES string of the molecule is CNC(c1ncn[nH]1)C(C)C. The van der Waals surface area contributed by atoms with Crippen molar-refractivity contribution < 1.29 is 0 Å². The Labute approximate surface area is 66.4 Å². The highest BCUT2D eigenvalue weighted by molar-refractivity contribution is 4.91. The lowest BCUT2D eigenvalue weighted by Gasteiger charge is -2.16. The normalized spacial score (nSPS) is 13.8. The van der Waals surface area contributed by atoms with Crippen LogP contribution in [0.3, 0.4) is 0 Å². The van der Waals surface area contributed by atoms with Crippen LogP contribution in [0.4, 0.5) is 0 Å². The van der Waals surface area contributed by atoms with Crippen LogP contribution in [0.15, 0.2) is 6.33 Å². The first-order chi connectivity index (χ1) is 5.25. The molecule has 4 heteroatoms. The summed E-state index contributed by atoms with van der Waals surface area (Å²) >= 11 is 0. The summed E-state index contributed by atoms with van der Waals surface area (Å²) in [6.45, 7) is 4.29. The van der Waals surface area contributed by atoms with Crippen LogP contribution in [0.1, 0.15) is 25.7 Å². The van der Waals surface area contributed by atoms with Crippen molar-refractivity contribution in [3.8, 4) is 0 Å². The molecule has 0 spiro atoms. The molecular weight excluding hydrogens is 140 g/mol. The summed E-state index contributed by atoms with van der Waals surface area (Å²) in [5.74, 6) is 1.43. The van der Waals surface area contributed by atoms with Crippen molar-refractivity contribution >= 4 is 0 Å². The summed E-state index contributed by atoms with van der Waals surface area (Å²) < 4.78 is 0. The Bertz CT molecular complexity index is 192. The Balaban J connectivity index is 2.71. The molecule has 0 radical (unpaired) electrons. The Morgan fingerprint density at radius 2 is 2.27 bits per heavy atom. The molecule has 1 heterocycles. The van der Waals surface area contributed by atoms with E-state index in [0.717, 1.165) is 5.82 Å². The zero-order valence-electron chi connectivity index (χ0n) is 7.13. The number of nitrogens with one attached hydrogen (secondary N) is 2. The molecule has 0 aromatic carbocycles. The molecule has 0 amide bonds. The van der Waals surface area contributed by atoms with Gasteiger partial charge in [-0.25, -0.2) is 4.98 Å². The summed E-state index contributed by atoms with van der Waals surface area (Å²) in [4.78, 5) is 4.08. The predicted molar refractivity (Wildman–Crippen MR) is 43.0 cm³/mol. The molecule has 0 bridgehead atoms. The van der Waals surface area contributed by atoms with Gasteiger partial charge in [0.25, 0.3) is 0 Å². The molecule has 4 nitrogen and oxygen atoms in total. The molecule has 0 aliphatic heterocycles. The molecule has 1 atom stereocenters. The topological polar surface area (TPSA) is 53.6 Å². The number of aromatic amines is 1. The first-order valence-electron chi connectivity index (χ1n) is 3.78. The second-order valence-corrected chi connectivity index (χ2v) is 2.88. The van der Waals surface area contributed by atoms with E-state index in [1.165, 1.54) is 6.33 Å². The quantitative estimate of drug-likeness (QED) is 0.674. The average Bonchev–Trinajstić information content (AvgIpc) is 2.40. The smallest absolute Gasteiger partial charge is 0.141 e. The highest BCUT2D eigenvalue weighted by atomic mass is 15.2. The third-order valence-electron chi connectivity index (χ3n) is 1.71. The van der Waals surface area contributed by atoms with Gasteiger partial charge < -0.3 is 5.32 Å². The van der Waals surface area contributed by atoms with Crippen LogP contribution in [0, 0.1) is 5.92 Å². The van der Waals surface area contributed by atoms with Gasteiger partial charge in [0.15, 0.2) is 0 Å². The van der Waals surface area contributed by atoms with Gasteiger partial charge in [0.05, 0.1) is 6.04 Å². The average molecular weight is 154 g/mol. The number of H-pyrrole nitrogens is 1. The standard InChI is InChI=1S/C7H14N4/c1-5(2)6(8-3)7-9-4-10-11-7/h4-6,8H,1-3H3,(H,9,10,11). The van der Waals surface area contributed by atoms with Gasteiger partial charge in [0.2, 0.25) is 0 Å². The van der Waals surface area contributed by atoms with Crippen LogP contribution in [0.5, 0.6) is 0 Å². The summed E-state index contributed by atoms with van der Waals surface area (Å²) in [5, 5.41) is 9.81. The monoisotopic (exact) mass is 154 g/mol. The minimum absolute atomic E-state index is 0.275. The lowest BCUT2D eigenvalue weighted by Crippen LogP contribution is -2.22. The van der Waals surface area contributed by atoms with Gasteiger partial charge >= 0.3 is 0 Å². The predicted octanol–water partition coefficient (Wildman–Crippen LogP) is 0.721. The number of hydrogen-bond acceptors (Lipinski definition) is 3. The molecule has 2 N–H and O–H groups in total. The van der Waals surface area contributed by atoms with Crippen LogP contribution >= 0.6 is 0 Å². The summed E-state index contributed by atoms with van der Waals surface area (Å²) in [7, 11) is 1.92. The first kappa shape index (κ1) is 8.20. The fraction of sp³-hybridized carbons (Fsp3) is 0.714. The summed E-state index contributed by atoms with van der Waals surface area (Å²) in [5.41, 5.74) is 0. The van der Waals surface area contributed by atoms with E-state index < -0.39 is 0 Å². The maximum atomic E-state index is 4.08. The van der Waals surface area contributed by atoms with E-state index in [9.17, 15) is 0 Å². The molecule has 1 aromatic heterocycles. The van der Waals surface area contributed by atoms with E-state index in [-0.39, 0.29) is 6.04 Å². The number of rotatable bonds is 3. The number of aromatic nitrogens is 3. The van der Waals surface area contributed by atoms with Crippen molar-refractivity contribution in [2.75, 3.05) is 7.05 Å². The molecule has 0 aliphatic carbocycles. The van der Waals surface area contributed by atoms with Crippen molar-refractivity contribution in [3.63, 3.8) is 0 Å². The molecule has 1 aromatic rings. The molecule has 11 heavy (non-hydrogen) atoms. The van der Waals surface area contributed by atoms with E-state index in [4.69, 9.17) is 0 Å². The molecule has 62 valence electrons. The third kappa shape index (κ3) is 1.77. The maximum absolute atomic E-state index is 4.08. The van der Waals surface area contributed by atoms with Gasteiger partial charge in [0.1, 0.15) is 12.2 Å². The molecular formula is C7H14N4. The molecule has 0 saturated heterocycles. The molecule has 1 unspecified atom stereocenters. The van der Waals surface area contributed by atoms with E-state index in [1.54, 1.807) is 0 Å². The van der Waals surface area contributed by atoms with Crippen molar-refractivity contribution in [3.05, 3.63) is 12.2 Å². The van der Waals surface area contributed by atoms with Crippen LogP contribution in [-0.2, 0) is 0 Å². The number of hydrogen-bond donors (Lipinski definition) is 2.